The van der Waals surface area contributed by atoms with Crippen molar-refractivity contribution in [2.75, 3.05) is 6.54 Å². The van der Waals surface area contributed by atoms with Gasteiger partial charge in [0.15, 0.2) is 11.6 Å². The van der Waals surface area contributed by atoms with Gasteiger partial charge in [-0.05, 0) is 42.4 Å². The predicted molar refractivity (Wildman–Crippen MR) is 74.1 cm³/mol. The summed E-state index contributed by atoms with van der Waals surface area (Å²) in [4.78, 5) is 0. The average molecular weight is 267 g/mol. The molecule has 19 heavy (non-hydrogen) atoms. The Morgan fingerprint density at radius 1 is 1.16 bits per heavy atom. The number of benzene rings is 1. The van der Waals surface area contributed by atoms with Crippen molar-refractivity contribution in [2.45, 2.75) is 52.0 Å². The van der Waals surface area contributed by atoms with Crippen LogP contribution in [0.5, 0.6) is 0 Å². The quantitative estimate of drug-likeness (QED) is 0.848. The second kappa shape index (κ2) is 6.00. The van der Waals surface area contributed by atoms with Crippen LogP contribution in [0.15, 0.2) is 18.2 Å². The highest BCUT2D eigenvalue weighted by molar-refractivity contribution is 5.20. The zero-order chi connectivity index (χ0) is 13.9. The predicted octanol–water partition coefficient (Wildman–Crippen LogP) is 4.07. The van der Waals surface area contributed by atoms with E-state index in [-0.39, 0.29) is 5.41 Å². The number of halogens is 2. The summed E-state index contributed by atoms with van der Waals surface area (Å²) < 4.78 is 26.3. The molecule has 0 amide bonds. The maximum atomic E-state index is 13.3. The van der Waals surface area contributed by atoms with E-state index >= 15 is 0 Å². The first-order valence-corrected chi connectivity index (χ1v) is 7.18. The monoisotopic (exact) mass is 267 g/mol. The summed E-state index contributed by atoms with van der Waals surface area (Å²) in [7, 11) is 0. The summed E-state index contributed by atoms with van der Waals surface area (Å²) in [6, 6.07) is 4.77. The lowest BCUT2D eigenvalue weighted by atomic mass is 9.79. The maximum absolute atomic E-state index is 13.3. The summed E-state index contributed by atoms with van der Waals surface area (Å²) in [5.74, 6) is -1.49. The van der Waals surface area contributed by atoms with E-state index in [0.717, 1.165) is 18.5 Å². The molecule has 1 saturated carbocycles. The van der Waals surface area contributed by atoms with Crippen LogP contribution >= 0.6 is 0 Å². The van der Waals surface area contributed by atoms with Crippen molar-refractivity contribution < 1.29 is 8.78 Å². The average Bonchev–Trinajstić information content (AvgIpc) is 2.81. The lowest BCUT2D eigenvalue weighted by molar-refractivity contribution is 0.268. The van der Waals surface area contributed by atoms with Crippen LogP contribution in [-0.4, -0.2) is 12.6 Å². The SMILES string of the molecule is CC(C)NCC1(Cc2ccc(F)c(F)c2)CCCC1. The Balaban J connectivity index is 2.09. The molecule has 0 heterocycles. The highest BCUT2D eigenvalue weighted by Gasteiger charge is 2.33. The van der Waals surface area contributed by atoms with Crippen LogP contribution in [0.2, 0.25) is 0 Å². The number of rotatable bonds is 5. The molecule has 1 aliphatic rings. The normalized spacial score (nSPS) is 18.2. The second-order valence-corrected chi connectivity index (χ2v) is 6.17. The van der Waals surface area contributed by atoms with Crippen LogP contribution in [0.1, 0.15) is 45.1 Å². The van der Waals surface area contributed by atoms with Crippen molar-refractivity contribution in [2.24, 2.45) is 5.41 Å². The molecule has 3 heteroatoms. The third-order valence-corrected chi connectivity index (χ3v) is 4.11. The molecule has 0 aromatic heterocycles. The summed E-state index contributed by atoms with van der Waals surface area (Å²) in [6.45, 7) is 5.24. The molecule has 0 spiro atoms. The molecule has 0 unspecified atom stereocenters. The summed E-state index contributed by atoms with van der Waals surface area (Å²) in [6.07, 6.45) is 5.66. The van der Waals surface area contributed by atoms with E-state index in [0.29, 0.717) is 6.04 Å². The molecule has 1 fully saturated rings. The Hall–Kier alpha value is -0.960. The highest BCUT2D eigenvalue weighted by atomic mass is 19.2. The van der Waals surface area contributed by atoms with Gasteiger partial charge in [0.25, 0.3) is 0 Å². The maximum Gasteiger partial charge on any atom is 0.159 e. The number of nitrogens with one attached hydrogen (secondary N) is 1. The van der Waals surface area contributed by atoms with E-state index in [2.05, 4.69) is 19.2 Å². The zero-order valence-electron chi connectivity index (χ0n) is 11.8. The van der Waals surface area contributed by atoms with E-state index in [4.69, 9.17) is 0 Å². The third-order valence-electron chi connectivity index (χ3n) is 4.11. The fraction of sp³-hybridized carbons (Fsp3) is 0.625. The summed E-state index contributed by atoms with van der Waals surface area (Å²) in [5.41, 5.74) is 1.13. The molecular weight excluding hydrogens is 244 g/mol. The van der Waals surface area contributed by atoms with Crippen molar-refractivity contribution in [1.82, 2.24) is 5.32 Å². The van der Waals surface area contributed by atoms with Gasteiger partial charge in [-0.2, -0.15) is 0 Å². The number of hydrogen-bond acceptors (Lipinski definition) is 1. The molecular formula is C16H23F2N. The minimum absolute atomic E-state index is 0.217. The summed E-state index contributed by atoms with van der Waals surface area (Å²) in [5, 5.41) is 3.51. The molecule has 2 rings (SSSR count). The third kappa shape index (κ3) is 3.75. The Labute approximate surface area is 114 Å². The van der Waals surface area contributed by atoms with Gasteiger partial charge >= 0.3 is 0 Å². The molecule has 1 nitrogen and oxygen atoms in total. The Kier molecular flexibility index (Phi) is 4.56. The number of hydrogen-bond donors (Lipinski definition) is 1. The minimum atomic E-state index is -0.760. The lowest BCUT2D eigenvalue weighted by Gasteiger charge is -2.30. The molecule has 0 bridgehead atoms. The molecule has 0 radical (unpaired) electrons. The summed E-state index contributed by atoms with van der Waals surface area (Å²) >= 11 is 0. The van der Waals surface area contributed by atoms with Crippen molar-refractivity contribution >= 4 is 0 Å². The molecule has 1 N–H and O–H groups in total. The van der Waals surface area contributed by atoms with Crippen LogP contribution in [0.4, 0.5) is 8.78 Å². The van der Waals surface area contributed by atoms with Gasteiger partial charge in [0.05, 0.1) is 0 Å². The van der Waals surface area contributed by atoms with E-state index in [1.807, 2.05) is 0 Å². The first-order chi connectivity index (χ1) is 9.01. The fourth-order valence-corrected chi connectivity index (χ4v) is 3.04. The van der Waals surface area contributed by atoms with Gasteiger partial charge in [0.2, 0.25) is 0 Å². The van der Waals surface area contributed by atoms with Crippen LogP contribution < -0.4 is 5.32 Å². The van der Waals surface area contributed by atoms with Gasteiger partial charge in [-0.3, -0.25) is 0 Å². The Morgan fingerprint density at radius 3 is 2.42 bits per heavy atom. The van der Waals surface area contributed by atoms with Crippen molar-refractivity contribution in [3.05, 3.63) is 35.4 Å². The minimum Gasteiger partial charge on any atom is -0.314 e. The topological polar surface area (TPSA) is 12.0 Å². The Bertz CT molecular complexity index is 423. The van der Waals surface area contributed by atoms with Gasteiger partial charge in [-0.25, -0.2) is 8.78 Å². The van der Waals surface area contributed by atoms with E-state index < -0.39 is 11.6 Å². The largest absolute Gasteiger partial charge is 0.314 e. The van der Waals surface area contributed by atoms with Gasteiger partial charge in [0, 0.05) is 12.6 Å². The standard InChI is InChI=1S/C16H23F2N/c1-12(2)19-11-16(7-3-4-8-16)10-13-5-6-14(17)15(18)9-13/h5-6,9,12,19H,3-4,7-8,10-11H2,1-2H3. The van der Waals surface area contributed by atoms with E-state index in [9.17, 15) is 8.78 Å². The van der Waals surface area contributed by atoms with Gasteiger partial charge < -0.3 is 5.32 Å². The smallest absolute Gasteiger partial charge is 0.159 e. The van der Waals surface area contributed by atoms with Crippen molar-refractivity contribution in [1.29, 1.82) is 0 Å². The Morgan fingerprint density at radius 2 is 1.84 bits per heavy atom. The zero-order valence-corrected chi connectivity index (χ0v) is 11.8. The molecule has 1 aromatic rings. The molecule has 0 saturated heterocycles. The van der Waals surface area contributed by atoms with E-state index in [1.54, 1.807) is 6.07 Å². The van der Waals surface area contributed by atoms with Crippen LogP contribution in [0.3, 0.4) is 0 Å². The molecule has 1 aliphatic carbocycles. The first-order valence-electron chi connectivity index (χ1n) is 7.18. The van der Waals surface area contributed by atoms with Crippen LogP contribution in [0.25, 0.3) is 0 Å². The molecule has 1 aromatic carbocycles. The van der Waals surface area contributed by atoms with Crippen LogP contribution in [0, 0.1) is 17.0 Å². The van der Waals surface area contributed by atoms with Gasteiger partial charge in [-0.15, -0.1) is 0 Å². The lowest BCUT2D eigenvalue weighted by Crippen LogP contribution is -2.37. The highest BCUT2D eigenvalue weighted by Crippen LogP contribution is 2.40. The van der Waals surface area contributed by atoms with Gasteiger partial charge in [0.1, 0.15) is 0 Å². The second-order valence-electron chi connectivity index (χ2n) is 6.17. The first kappa shape index (κ1) is 14.4. The molecule has 0 atom stereocenters. The van der Waals surface area contributed by atoms with Crippen molar-refractivity contribution in [3.8, 4) is 0 Å². The van der Waals surface area contributed by atoms with Crippen molar-refractivity contribution in [3.63, 3.8) is 0 Å². The molecule has 106 valence electrons. The van der Waals surface area contributed by atoms with Crippen LogP contribution in [-0.2, 0) is 6.42 Å². The fourth-order valence-electron chi connectivity index (χ4n) is 3.04. The van der Waals surface area contributed by atoms with E-state index in [1.165, 1.54) is 37.8 Å². The molecule has 0 aliphatic heterocycles. The van der Waals surface area contributed by atoms with Gasteiger partial charge in [-0.1, -0.05) is 32.8 Å².